The number of ether oxygens (including phenoxy) is 3. The lowest BCUT2D eigenvalue weighted by Crippen LogP contribution is -2.30. The van der Waals surface area contributed by atoms with E-state index in [0.717, 1.165) is 70.6 Å². The van der Waals surface area contributed by atoms with Crippen molar-refractivity contribution >= 4 is 17.9 Å². The molecule has 1 atom stereocenters. The highest BCUT2D eigenvalue weighted by Crippen LogP contribution is 2.15. The van der Waals surface area contributed by atoms with E-state index in [0.29, 0.717) is 19.3 Å². The summed E-state index contributed by atoms with van der Waals surface area (Å²) < 4.78 is 16.8. The fraction of sp³-hybridized carbons (Fsp3) is 0.873. The van der Waals surface area contributed by atoms with Gasteiger partial charge in [-0.1, -0.05) is 225 Å². The zero-order valence-corrected chi connectivity index (χ0v) is 40.9. The van der Waals surface area contributed by atoms with Gasteiger partial charge >= 0.3 is 17.9 Å². The van der Waals surface area contributed by atoms with Gasteiger partial charge in [0.05, 0.1) is 0 Å². The lowest BCUT2D eigenvalue weighted by Gasteiger charge is -2.18. The largest absolute Gasteiger partial charge is 0.462 e. The van der Waals surface area contributed by atoms with Gasteiger partial charge in [-0.2, -0.15) is 0 Å². The smallest absolute Gasteiger partial charge is 0.306 e. The highest BCUT2D eigenvalue weighted by atomic mass is 16.6. The van der Waals surface area contributed by atoms with Gasteiger partial charge in [-0.25, -0.2) is 0 Å². The van der Waals surface area contributed by atoms with Crippen molar-refractivity contribution < 1.29 is 28.6 Å². The molecular formula is C55H102O6. The van der Waals surface area contributed by atoms with Crippen molar-refractivity contribution in [2.24, 2.45) is 0 Å². The van der Waals surface area contributed by atoms with Gasteiger partial charge in [-0.05, 0) is 70.6 Å². The van der Waals surface area contributed by atoms with Gasteiger partial charge in [0.25, 0.3) is 0 Å². The third-order valence-electron chi connectivity index (χ3n) is 11.9. The van der Waals surface area contributed by atoms with Crippen molar-refractivity contribution in [3.63, 3.8) is 0 Å². The summed E-state index contributed by atoms with van der Waals surface area (Å²) in [6.45, 7) is 6.64. The summed E-state index contributed by atoms with van der Waals surface area (Å²) in [6, 6.07) is 0. The lowest BCUT2D eigenvalue weighted by atomic mass is 10.0. The van der Waals surface area contributed by atoms with Crippen LogP contribution in [0.15, 0.2) is 24.3 Å². The Hall–Kier alpha value is -2.11. The minimum Gasteiger partial charge on any atom is -0.462 e. The van der Waals surface area contributed by atoms with Gasteiger partial charge in [0, 0.05) is 19.3 Å². The first-order valence-corrected chi connectivity index (χ1v) is 26.8. The number of carbonyl (C=O) groups excluding carboxylic acids is 3. The predicted molar refractivity (Wildman–Crippen MR) is 261 cm³/mol. The number of unbranched alkanes of at least 4 members (excludes halogenated alkanes) is 34. The maximum Gasteiger partial charge on any atom is 0.306 e. The van der Waals surface area contributed by atoms with Crippen LogP contribution < -0.4 is 0 Å². The third-order valence-corrected chi connectivity index (χ3v) is 11.9. The summed E-state index contributed by atoms with van der Waals surface area (Å²) in [5.74, 6) is -0.877. The molecule has 0 saturated heterocycles. The first kappa shape index (κ1) is 58.9. The molecule has 0 bridgehead atoms. The molecule has 0 spiro atoms. The zero-order valence-electron chi connectivity index (χ0n) is 40.9. The van der Waals surface area contributed by atoms with E-state index < -0.39 is 6.10 Å². The van der Waals surface area contributed by atoms with Crippen LogP contribution in [0.1, 0.15) is 290 Å². The van der Waals surface area contributed by atoms with E-state index in [1.807, 2.05) is 0 Å². The Labute approximate surface area is 379 Å². The molecule has 0 N–H and O–H groups in total. The molecule has 0 amide bonds. The number of rotatable bonds is 49. The van der Waals surface area contributed by atoms with Crippen molar-refractivity contribution in [1.29, 1.82) is 0 Å². The summed E-state index contributed by atoms with van der Waals surface area (Å²) in [6.07, 6.45) is 57.3. The number of hydrogen-bond acceptors (Lipinski definition) is 6. The normalized spacial score (nSPS) is 12.1. The molecule has 6 heteroatoms. The zero-order chi connectivity index (χ0) is 44.4. The van der Waals surface area contributed by atoms with Crippen LogP contribution in [0.2, 0.25) is 0 Å². The first-order chi connectivity index (χ1) is 30.0. The summed E-state index contributed by atoms with van der Waals surface area (Å²) >= 11 is 0. The van der Waals surface area contributed by atoms with Gasteiger partial charge in [-0.3, -0.25) is 14.4 Å². The molecule has 6 nitrogen and oxygen atoms in total. The molecule has 0 saturated carbocycles. The maximum atomic E-state index is 12.8. The number of carbonyl (C=O) groups is 3. The molecule has 0 unspecified atom stereocenters. The summed E-state index contributed by atoms with van der Waals surface area (Å²) in [5, 5.41) is 0. The minimum absolute atomic E-state index is 0.0734. The standard InChI is InChI=1S/C55H102O6/c1-4-7-10-13-16-19-22-25-27-29-30-33-36-39-42-45-48-54(57)60-51-52(50-59-53(56)47-44-41-38-35-32-24-21-18-15-12-9-6-3)61-55(58)49-46-43-40-37-34-31-28-26-23-20-17-14-11-8-5-2/h26-29,52H,4-25,30-51H2,1-3H3/b28-26-,29-27-/t52-/m1/s1. The van der Waals surface area contributed by atoms with Crippen molar-refractivity contribution in [3.05, 3.63) is 24.3 Å². The molecule has 61 heavy (non-hydrogen) atoms. The molecule has 0 heterocycles. The Kier molecular flexibility index (Phi) is 48.8. The Bertz CT molecular complexity index is 989. The number of esters is 3. The monoisotopic (exact) mass is 859 g/mol. The molecule has 0 radical (unpaired) electrons. The fourth-order valence-electron chi connectivity index (χ4n) is 7.84. The van der Waals surface area contributed by atoms with Crippen LogP contribution in [0, 0.1) is 0 Å². The summed E-state index contributed by atoms with van der Waals surface area (Å²) in [5.41, 5.74) is 0. The van der Waals surface area contributed by atoms with Crippen molar-refractivity contribution in [3.8, 4) is 0 Å². The van der Waals surface area contributed by atoms with Crippen LogP contribution in [0.25, 0.3) is 0 Å². The van der Waals surface area contributed by atoms with Crippen molar-refractivity contribution in [2.75, 3.05) is 13.2 Å². The minimum atomic E-state index is -0.774. The van der Waals surface area contributed by atoms with E-state index in [-0.39, 0.29) is 31.1 Å². The van der Waals surface area contributed by atoms with Crippen LogP contribution in [0.5, 0.6) is 0 Å². The molecule has 0 aromatic rings. The van der Waals surface area contributed by atoms with E-state index in [1.54, 1.807) is 0 Å². The Morgan fingerprint density at radius 2 is 0.541 bits per heavy atom. The van der Waals surface area contributed by atoms with Gasteiger partial charge < -0.3 is 14.2 Å². The molecule has 358 valence electrons. The van der Waals surface area contributed by atoms with E-state index in [1.165, 1.54) is 180 Å². The average molecular weight is 859 g/mol. The molecular weight excluding hydrogens is 757 g/mol. The second kappa shape index (κ2) is 50.5. The number of allylic oxidation sites excluding steroid dienone is 4. The average Bonchev–Trinajstić information content (AvgIpc) is 3.26. The lowest BCUT2D eigenvalue weighted by molar-refractivity contribution is -0.167. The topological polar surface area (TPSA) is 78.9 Å². The van der Waals surface area contributed by atoms with Crippen molar-refractivity contribution in [1.82, 2.24) is 0 Å². The van der Waals surface area contributed by atoms with Gasteiger partial charge in [0.15, 0.2) is 6.10 Å². The molecule has 0 aromatic carbocycles. The Morgan fingerprint density at radius 1 is 0.311 bits per heavy atom. The second-order valence-electron chi connectivity index (χ2n) is 18.1. The van der Waals surface area contributed by atoms with Gasteiger partial charge in [0.1, 0.15) is 13.2 Å². The number of hydrogen-bond donors (Lipinski definition) is 0. The molecule has 0 fully saturated rings. The maximum absolute atomic E-state index is 12.8. The van der Waals surface area contributed by atoms with Crippen LogP contribution in [0.3, 0.4) is 0 Å². The molecule has 0 aliphatic carbocycles. The van der Waals surface area contributed by atoms with Crippen LogP contribution in [-0.2, 0) is 28.6 Å². The summed E-state index contributed by atoms with van der Waals surface area (Å²) in [7, 11) is 0. The Balaban J connectivity index is 4.36. The molecule has 0 aliphatic rings. The Morgan fingerprint density at radius 3 is 0.820 bits per heavy atom. The van der Waals surface area contributed by atoms with Crippen LogP contribution in [-0.4, -0.2) is 37.2 Å². The molecule has 0 rings (SSSR count). The predicted octanol–water partition coefficient (Wildman–Crippen LogP) is 17.5. The van der Waals surface area contributed by atoms with Crippen LogP contribution in [0.4, 0.5) is 0 Å². The van der Waals surface area contributed by atoms with E-state index in [9.17, 15) is 14.4 Å². The molecule has 0 aromatic heterocycles. The first-order valence-electron chi connectivity index (χ1n) is 26.8. The SMILES string of the molecule is CCCCCCCC/C=C\CCCCCCCC(=O)O[C@@H](COC(=O)CCCCCCC/C=C\CCCCCCCCC)COC(=O)CCCCCCCCCCCCCC. The fourth-order valence-corrected chi connectivity index (χ4v) is 7.84. The second-order valence-corrected chi connectivity index (χ2v) is 18.1. The summed E-state index contributed by atoms with van der Waals surface area (Å²) in [4.78, 5) is 38.0. The van der Waals surface area contributed by atoms with Gasteiger partial charge in [0.2, 0.25) is 0 Å². The third kappa shape index (κ3) is 48.8. The molecule has 0 aliphatic heterocycles. The van der Waals surface area contributed by atoms with E-state index >= 15 is 0 Å². The highest BCUT2D eigenvalue weighted by molar-refractivity contribution is 5.71. The quantitative estimate of drug-likeness (QED) is 0.0262. The van der Waals surface area contributed by atoms with Crippen LogP contribution >= 0.6 is 0 Å². The van der Waals surface area contributed by atoms with E-state index in [2.05, 4.69) is 45.1 Å². The highest BCUT2D eigenvalue weighted by Gasteiger charge is 2.19. The van der Waals surface area contributed by atoms with Crippen molar-refractivity contribution in [2.45, 2.75) is 297 Å². The van der Waals surface area contributed by atoms with Gasteiger partial charge in [-0.15, -0.1) is 0 Å². The van der Waals surface area contributed by atoms with E-state index in [4.69, 9.17) is 14.2 Å².